The molecule has 1 saturated carbocycles. The van der Waals surface area contributed by atoms with Crippen LogP contribution in [0, 0.1) is 0 Å². The normalized spacial score (nSPS) is 30.5. The summed E-state index contributed by atoms with van der Waals surface area (Å²) in [6.45, 7) is 0. The number of nitrogens with one attached hydrogen (secondary N) is 1. The maximum absolute atomic E-state index is 3.64. The predicted octanol–water partition coefficient (Wildman–Crippen LogP) is 3.14. The Bertz CT molecular complexity index is 319. The second-order valence-electron chi connectivity index (χ2n) is 4.23. The van der Waals surface area contributed by atoms with Crippen molar-refractivity contribution in [2.45, 2.75) is 37.6 Å². The molecule has 1 nitrogen and oxygen atoms in total. The number of benzene rings is 1. The van der Waals surface area contributed by atoms with E-state index in [4.69, 9.17) is 0 Å². The van der Waals surface area contributed by atoms with E-state index in [-0.39, 0.29) is 0 Å². The van der Waals surface area contributed by atoms with Crippen molar-refractivity contribution in [3.8, 4) is 0 Å². The van der Waals surface area contributed by atoms with Crippen LogP contribution in [0.15, 0.2) is 24.3 Å². The Kier molecular flexibility index (Phi) is 1.58. The van der Waals surface area contributed by atoms with E-state index in [1.54, 1.807) is 5.56 Å². The Balaban J connectivity index is 2.01. The first-order valence-corrected chi connectivity index (χ1v) is 5.30. The fourth-order valence-electron chi connectivity index (χ4n) is 2.83. The summed E-state index contributed by atoms with van der Waals surface area (Å²) in [6.07, 6.45) is 5.56. The molecule has 13 heavy (non-hydrogen) atoms. The highest BCUT2D eigenvalue weighted by molar-refractivity contribution is 5.59. The molecule has 0 spiro atoms. The molecule has 0 amide bonds. The first-order valence-electron chi connectivity index (χ1n) is 5.30. The lowest BCUT2D eigenvalue weighted by Gasteiger charge is -2.25. The molecule has 1 aromatic carbocycles. The highest BCUT2D eigenvalue weighted by Gasteiger charge is 2.33. The molecule has 1 aliphatic heterocycles. The summed E-state index contributed by atoms with van der Waals surface area (Å²) in [4.78, 5) is 0. The summed E-state index contributed by atoms with van der Waals surface area (Å²) in [5, 5.41) is 3.64. The smallest absolute Gasteiger partial charge is 0.0378 e. The lowest BCUT2D eigenvalue weighted by Crippen LogP contribution is -2.23. The van der Waals surface area contributed by atoms with E-state index >= 15 is 0 Å². The average Bonchev–Trinajstić information content (AvgIpc) is 2.56. The molecule has 1 N–H and O–H groups in total. The molecule has 1 aromatic rings. The molecular formula is C12H15N. The molecule has 3 rings (SSSR count). The van der Waals surface area contributed by atoms with Gasteiger partial charge in [0.1, 0.15) is 0 Å². The monoisotopic (exact) mass is 173 g/mol. The van der Waals surface area contributed by atoms with Crippen LogP contribution in [0.25, 0.3) is 0 Å². The fourth-order valence-corrected chi connectivity index (χ4v) is 2.83. The molecule has 1 heteroatoms. The molecule has 1 heterocycles. The summed E-state index contributed by atoms with van der Waals surface area (Å²) >= 11 is 0. The van der Waals surface area contributed by atoms with Crippen LogP contribution in [0.3, 0.4) is 0 Å². The average molecular weight is 173 g/mol. The lowest BCUT2D eigenvalue weighted by atomic mass is 9.83. The van der Waals surface area contributed by atoms with E-state index in [2.05, 4.69) is 29.6 Å². The summed E-state index contributed by atoms with van der Waals surface area (Å²) in [5.41, 5.74) is 2.95. The molecule has 2 aliphatic rings. The molecule has 0 bridgehead atoms. The zero-order chi connectivity index (χ0) is 8.67. The Labute approximate surface area is 79.2 Å². The van der Waals surface area contributed by atoms with Gasteiger partial charge in [0.25, 0.3) is 0 Å². The molecule has 68 valence electrons. The van der Waals surface area contributed by atoms with Crippen LogP contribution in [0.4, 0.5) is 5.69 Å². The molecule has 1 fully saturated rings. The van der Waals surface area contributed by atoms with Gasteiger partial charge in [-0.15, -0.1) is 0 Å². The molecular weight excluding hydrogens is 158 g/mol. The third kappa shape index (κ3) is 1.06. The minimum absolute atomic E-state index is 0.742. The van der Waals surface area contributed by atoms with E-state index in [0.717, 1.165) is 12.0 Å². The number of hydrogen-bond donors (Lipinski definition) is 1. The molecule has 0 aromatic heterocycles. The van der Waals surface area contributed by atoms with Gasteiger partial charge in [-0.25, -0.2) is 0 Å². The van der Waals surface area contributed by atoms with E-state index in [1.165, 1.54) is 31.4 Å². The van der Waals surface area contributed by atoms with E-state index in [9.17, 15) is 0 Å². The Morgan fingerprint density at radius 2 is 1.92 bits per heavy atom. The highest BCUT2D eigenvalue weighted by Crippen LogP contribution is 2.43. The van der Waals surface area contributed by atoms with Crippen molar-refractivity contribution in [3.63, 3.8) is 0 Å². The van der Waals surface area contributed by atoms with Gasteiger partial charge in [-0.2, -0.15) is 0 Å². The van der Waals surface area contributed by atoms with Crippen molar-refractivity contribution in [2.24, 2.45) is 0 Å². The number of anilines is 1. The molecule has 0 saturated heterocycles. The maximum atomic E-state index is 3.64. The minimum atomic E-state index is 0.742. The number of rotatable bonds is 0. The minimum Gasteiger partial charge on any atom is -0.381 e. The van der Waals surface area contributed by atoms with Crippen LogP contribution in [-0.4, -0.2) is 6.04 Å². The zero-order valence-electron chi connectivity index (χ0n) is 7.79. The number of fused-ring (bicyclic) bond motifs is 3. The SMILES string of the molecule is c1ccc2c(c1)N[C@H]1CCCCC21. The van der Waals surface area contributed by atoms with Crippen molar-refractivity contribution < 1.29 is 0 Å². The van der Waals surface area contributed by atoms with Crippen molar-refractivity contribution in [1.29, 1.82) is 0 Å². The molecule has 2 atom stereocenters. The third-order valence-electron chi connectivity index (χ3n) is 3.47. The van der Waals surface area contributed by atoms with Crippen LogP contribution in [0.2, 0.25) is 0 Å². The summed E-state index contributed by atoms with van der Waals surface area (Å²) < 4.78 is 0. The van der Waals surface area contributed by atoms with Gasteiger partial charge in [-0.1, -0.05) is 31.0 Å². The van der Waals surface area contributed by atoms with Gasteiger partial charge in [0.15, 0.2) is 0 Å². The van der Waals surface area contributed by atoms with Crippen LogP contribution in [0.1, 0.15) is 37.2 Å². The second kappa shape index (κ2) is 2.76. The van der Waals surface area contributed by atoms with Crippen molar-refractivity contribution in [3.05, 3.63) is 29.8 Å². The lowest BCUT2D eigenvalue weighted by molar-refractivity contribution is 0.422. The maximum Gasteiger partial charge on any atom is 0.0378 e. The van der Waals surface area contributed by atoms with Gasteiger partial charge in [0.05, 0.1) is 0 Å². The van der Waals surface area contributed by atoms with Gasteiger partial charge >= 0.3 is 0 Å². The molecule has 1 unspecified atom stereocenters. The standard InChI is InChI=1S/C12H15N/c1-3-7-11-9(5-1)10-6-2-4-8-12(10)13-11/h1,3,5,7,10,12-13H,2,4,6,8H2/t10?,12-/m0/s1. The van der Waals surface area contributed by atoms with E-state index in [1.807, 2.05) is 0 Å². The van der Waals surface area contributed by atoms with Crippen molar-refractivity contribution >= 4 is 5.69 Å². The topological polar surface area (TPSA) is 12.0 Å². The van der Waals surface area contributed by atoms with Gasteiger partial charge in [-0.3, -0.25) is 0 Å². The number of para-hydroxylation sites is 1. The summed E-state index contributed by atoms with van der Waals surface area (Å²) in [6, 6.07) is 9.54. The van der Waals surface area contributed by atoms with E-state index in [0.29, 0.717) is 0 Å². The highest BCUT2D eigenvalue weighted by atomic mass is 15.0. The quantitative estimate of drug-likeness (QED) is 0.635. The predicted molar refractivity (Wildman–Crippen MR) is 55.1 cm³/mol. The fraction of sp³-hybridized carbons (Fsp3) is 0.500. The zero-order valence-corrected chi connectivity index (χ0v) is 7.79. The van der Waals surface area contributed by atoms with Crippen LogP contribution >= 0.6 is 0 Å². The van der Waals surface area contributed by atoms with Crippen LogP contribution in [-0.2, 0) is 0 Å². The summed E-state index contributed by atoms with van der Waals surface area (Å²) in [7, 11) is 0. The Hall–Kier alpha value is -0.980. The van der Waals surface area contributed by atoms with Crippen molar-refractivity contribution in [1.82, 2.24) is 0 Å². The van der Waals surface area contributed by atoms with Crippen molar-refractivity contribution in [2.75, 3.05) is 5.32 Å². The third-order valence-corrected chi connectivity index (χ3v) is 3.47. The first-order chi connectivity index (χ1) is 6.45. The molecule has 0 radical (unpaired) electrons. The number of hydrogen-bond acceptors (Lipinski definition) is 1. The molecule has 1 aliphatic carbocycles. The van der Waals surface area contributed by atoms with Gasteiger partial charge in [-0.05, 0) is 24.5 Å². The van der Waals surface area contributed by atoms with Crippen LogP contribution in [0.5, 0.6) is 0 Å². The second-order valence-corrected chi connectivity index (χ2v) is 4.23. The van der Waals surface area contributed by atoms with Gasteiger partial charge in [0, 0.05) is 17.6 Å². The van der Waals surface area contributed by atoms with Crippen LogP contribution < -0.4 is 5.32 Å². The van der Waals surface area contributed by atoms with E-state index < -0.39 is 0 Å². The largest absolute Gasteiger partial charge is 0.381 e. The van der Waals surface area contributed by atoms with Gasteiger partial charge < -0.3 is 5.32 Å². The Morgan fingerprint density at radius 3 is 2.92 bits per heavy atom. The van der Waals surface area contributed by atoms with Gasteiger partial charge in [0.2, 0.25) is 0 Å². The first kappa shape index (κ1) is 7.43. The summed E-state index contributed by atoms with van der Waals surface area (Å²) in [5.74, 6) is 0.810. The Morgan fingerprint density at radius 1 is 1.08 bits per heavy atom.